The number of ether oxygens (including phenoxy) is 1. The number of ketones is 1. The van der Waals surface area contributed by atoms with Crippen LogP contribution < -0.4 is 4.74 Å². The van der Waals surface area contributed by atoms with Gasteiger partial charge in [0.05, 0.1) is 5.56 Å². The van der Waals surface area contributed by atoms with Crippen molar-refractivity contribution < 1.29 is 19.4 Å². The highest BCUT2D eigenvalue weighted by atomic mass is 79.9. The quantitative estimate of drug-likeness (QED) is 0.320. The zero-order valence-electron chi connectivity index (χ0n) is 16.2. The average Bonchev–Trinajstić information content (AvgIpc) is 2.77. The molecule has 0 radical (unpaired) electrons. The molecule has 0 bridgehead atoms. The van der Waals surface area contributed by atoms with E-state index in [4.69, 9.17) is 4.74 Å². The Kier molecular flexibility index (Phi) is 7.57. The van der Waals surface area contributed by atoms with Crippen LogP contribution in [0, 0.1) is 0 Å². The van der Waals surface area contributed by atoms with Crippen LogP contribution in [-0.4, -0.2) is 23.0 Å². The van der Waals surface area contributed by atoms with Crippen molar-refractivity contribution in [2.45, 2.75) is 18.9 Å². The number of benzene rings is 3. The summed E-state index contributed by atoms with van der Waals surface area (Å²) in [5.41, 5.74) is 2.25. The van der Waals surface area contributed by atoms with Gasteiger partial charge in [0, 0.05) is 4.47 Å². The van der Waals surface area contributed by atoms with Gasteiger partial charge in [-0.25, -0.2) is 4.79 Å². The van der Waals surface area contributed by atoms with Gasteiger partial charge in [0.15, 0.2) is 11.9 Å². The van der Waals surface area contributed by atoms with Gasteiger partial charge in [0.2, 0.25) is 0 Å². The first-order valence-electron chi connectivity index (χ1n) is 9.53. The first-order chi connectivity index (χ1) is 14.5. The smallest absolute Gasteiger partial charge is 0.344 e. The second kappa shape index (κ2) is 10.6. The number of para-hydroxylation sites is 1. The molecule has 3 rings (SSSR count). The predicted molar refractivity (Wildman–Crippen MR) is 121 cm³/mol. The lowest BCUT2D eigenvalue weighted by Gasteiger charge is -2.17. The number of hydrogen-bond acceptors (Lipinski definition) is 3. The van der Waals surface area contributed by atoms with E-state index in [1.165, 1.54) is 6.08 Å². The fourth-order valence-electron chi connectivity index (χ4n) is 2.94. The Labute approximate surface area is 184 Å². The number of carbonyl (C=O) groups is 2. The van der Waals surface area contributed by atoms with Crippen LogP contribution in [0.1, 0.15) is 27.9 Å². The number of carboxylic acid groups (broad SMARTS) is 1. The fourth-order valence-corrected chi connectivity index (χ4v) is 3.20. The molecule has 0 fully saturated rings. The Balaban J connectivity index is 1.73. The highest BCUT2D eigenvalue weighted by molar-refractivity contribution is 9.10. The third kappa shape index (κ3) is 6.16. The van der Waals surface area contributed by atoms with Crippen LogP contribution in [0.15, 0.2) is 89.4 Å². The van der Waals surface area contributed by atoms with E-state index in [0.717, 1.165) is 15.6 Å². The Bertz CT molecular complexity index is 1030. The molecule has 3 aromatic carbocycles. The van der Waals surface area contributed by atoms with E-state index in [0.29, 0.717) is 18.4 Å². The third-order valence-corrected chi connectivity index (χ3v) is 5.06. The fraction of sp³-hybridized carbons (Fsp3) is 0.120. The molecule has 0 saturated carbocycles. The van der Waals surface area contributed by atoms with E-state index in [-0.39, 0.29) is 11.5 Å². The summed E-state index contributed by atoms with van der Waals surface area (Å²) in [5, 5.41) is 9.59. The third-order valence-electron chi connectivity index (χ3n) is 4.53. The molecular weight excluding hydrogens is 444 g/mol. The molecule has 0 saturated heterocycles. The summed E-state index contributed by atoms with van der Waals surface area (Å²) in [5.74, 6) is -1.04. The molecule has 1 unspecified atom stereocenters. The average molecular weight is 465 g/mol. The molecule has 1 N–H and O–H groups in total. The molecule has 0 aliphatic carbocycles. The van der Waals surface area contributed by atoms with Crippen molar-refractivity contribution in [3.05, 3.63) is 106 Å². The van der Waals surface area contributed by atoms with Gasteiger partial charge in [-0.3, -0.25) is 4.79 Å². The lowest BCUT2D eigenvalue weighted by atomic mass is 10.1. The van der Waals surface area contributed by atoms with Gasteiger partial charge in [0.1, 0.15) is 5.75 Å². The molecule has 5 heteroatoms. The molecule has 30 heavy (non-hydrogen) atoms. The monoisotopic (exact) mass is 464 g/mol. The number of hydrogen-bond donors (Lipinski definition) is 1. The maximum atomic E-state index is 12.7. The first-order valence-corrected chi connectivity index (χ1v) is 10.3. The van der Waals surface area contributed by atoms with Crippen molar-refractivity contribution in [3.63, 3.8) is 0 Å². The minimum absolute atomic E-state index is 0.249. The molecular formula is C25H21BrO4. The van der Waals surface area contributed by atoms with Crippen molar-refractivity contribution in [1.82, 2.24) is 0 Å². The number of aryl methyl sites for hydroxylation is 1. The summed E-state index contributed by atoms with van der Waals surface area (Å²) in [7, 11) is 0. The Morgan fingerprint density at radius 2 is 1.60 bits per heavy atom. The highest BCUT2D eigenvalue weighted by Gasteiger charge is 2.21. The van der Waals surface area contributed by atoms with Crippen LogP contribution in [0.2, 0.25) is 0 Å². The Morgan fingerprint density at radius 1 is 0.933 bits per heavy atom. The highest BCUT2D eigenvalue weighted by Crippen LogP contribution is 2.22. The van der Waals surface area contributed by atoms with Gasteiger partial charge in [-0.15, -0.1) is 0 Å². The Hall–Kier alpha value is -3.18. The molecule has 4 nitrogen and oxygen atoms in total. The number of rotatable bonds is 9. The van der Waals surface area contributed by atoms with Crippen LogP contribution in [0.3, 0.4) is 0 Å². The number of halogens is 1. The zero-order chi connectivity index (χ0) is 21.3. The van der Waals surface area contributed by atoms with Crippen molar-refractivity contribution in [2.24, 2.45) is 0 Å². The van der Waals surface area contributed by atoms with E-state index in [2.05, 4.69) is 15.9 Å². The molecule has 0 spiro atoms. The molecule has 3 aromatic rings. The first kappa shape index (κ1) is 21.5. The van der Waals surface area contributed by atoms with Gasteiger partial charge < -0.3 is 9.84 Å². The van der Waals surface area contributed by atoms with E-state index in [1.54, 1.807) is 30.3 Å². The topological polar surface area (TPSA) is 63.6 Å². The summed E-state index contributed by atoms with van der Waals surface area (Å²) >= 11 is 3.38. The molecule has 0 aliphatic heterocycles. The van der Waals surface area contributed by atoms with Crippen LogP contribution >= 0.6 is 15.9 Å². The van der Waals surface area contributed by atoms with Gasteiger partial charge >= 0.3 is 5.97 Å². The van der Waals surface area contributed by atoms with Crippen molar-refractivity contribution in [3.8, 4) is 5.75 Å². The molecule has 0 heterocycles. The second-order valence-electron chi connectivity index (χ2n) is 6.71. The van der Waals surface area contributed by atoms with E-state index in [1.807, 2.05) is 54.6 Å². The normalized spacial score (nSPS) is 11.9. The molecule has 0 amide bonds. The van der Waals surface area contributed by atoms with Crippen LogP contribution in [0.5, 0.6) is 5.75 Å². The molecule has 0 aromatic heterocycles. The molecule has 1 atom stereocenters. The van der Waals surface area contributed by atoms with Gasteiger partial charge in [0.25, 0.3) is 0 Å². The Morgan fingerprint density at radius 3 is 2.30 bits per heavy atom. The maximum Gasteiger partial charge on any atom is 0.344 e. The summed E-state index contributed by atoms with van der Waals surface area (Å²) in [4.78, 5) is 24.4. The predicted octanol–water partition coefficient (Wildman–Crippen LogP) is 5.81. The van der Waals surface area contributed by atoms with Crippen molar-refractivity contribution >= 4 is 33.8 Å². The van der Waals surface area contributed by atoms with E-state index >= 15 is 0 Å². The second-order valence-corrected chi connectivity index (χ2v) is 7.63. The van der Waals surface area contributed by atoms with Crippen LogP contribution in [0.25, 0.3) is 6.08 Å². The van der Waals surface area contributed by atoms with E-state index in [9.17, 15) is 14.7 Å². The number of aliphatic carboxylic acids is 1. The summed E-state index contributed by atoms with van der Waals surface area (Å²) in [6.07, 6.45) is 3.00. The largest absolute Gasteiger partial charge is 0.479 e. The minimum Gasteiger partial charge on any atom is -0.479 e. The van der Waals surface area contributed by atoms with E-state index < -0.39 is 12.1 Å². The van der Waals surface area contributed by atoms with Crippen LogP contribution in [0.4, 0.5) is 0 Å². The lowest BCUT2D eigenvalue weighted by Crippen LogP contribution is -2.28. The summed E-state index contributed by atoms with van der Waals surface area (Å²) in [6, 6.07) is 23.9. The summed E-state index contributed by atoms with van der Waals surface area (Å²) in [6.45, 7) is 0. The van der Waals surface area contributed by atoms with Gasteiger partial charge in [-0.1, -0.05) is 76.6 Å². The lowest BCUT2D eigenvalue weighted by molar-refractivity contribution is -0.145. The number of carbonyl (C=O) groups excluding carboxylic acids is 1. The number of carboxylic acids is 1. The van der Waals surface area contributed by atoms with Crippen molar-refractivity contribution in [2.75, 3.05) is 0 Å². The SMILES string of the molecule is O=C(/C=C\c1ccc(Br)cc1)c1ccccc1OC(CCc1ccccc1)C(=O)O. The minimum atomic E-state index is -1.06. The zero-order valence-corrected chi connectivity index (χ0v) is 17.8. The molecule has 152 valence electrons. The maximum absolute atomic E-state index is 12.7. The van der Waals surface area contributed by atoms with Crippen LogP contribution in [-0.2, 0) is 11.2 Å². The molecule has 0 aliphatic rings. The summed E-state index contributed by atoms with van der Waals surface area (Å²) < 4.78 is 6.72. The number of allylic oxidation sites excluding steroid dienone is 1. The van der Waals surface area contributed by atoms with Crippen molar-refractivity contribution in [1.29, 1.82) is 0 Å². The standard InChI is InChI=1S/C25H21BrO4/c26-20-14-10-19(11-15-20)12-16-22(27)21-8-4-5-9-23(21)30-24(25(28)29)17-13-18-6-2-1-3-7-18/h1-12,14-16,24H,13,17H2,(H,28,29)/b16-12-. The van der Waals surface area contributed by atoms with Gasteiger partial charge in [-0.2, -0.15) is 0 Å². The van der Waals surface area contributed by atoms with Gasteiger partial charge in [-0.05, 0) is 54.3 Å².